The second-order valence-corrected chi connectivity index (χ2v) is 5.87. The van der Waals surface area contributed by atoms with Crippen molar-refractivity contribution in [2.45, 2.75) is 0 Å². The van der Waals surface area contributed by atoms with E-state index in [0.29, 0.717) is 10.6 Å². The van der Waals surface area contributed by atoms with Crippen molar-refractivity contribution < 1.29 is 14.7 Å². The van der Waals surface area contributed by atoms with E-state index in [2.05, 4.69) is 21.2 Å². The molecule has 0 spiro atoms. The van der Waals surface area contributed by atoms with Crippen molar-refractivity contribution in [3.05, 3.63) is 50.6 Å². The summed E-state index contributed by atoms with van der Waals surface area (Å²) in [6.07, 6.45) is 0. The number of thiophene rings is 1. The van der Waals surface area contributed by atoms with Crippen molar-refractivity contribution in [2.24, 2.45) is 0 Å². The Morgan fingerprint density at radius 2 is 1.89 bits per heavy atom. The number of anilines is 1. The molecule has 0 aliphatic rings. The maximum atomic E-state index is 11.9. The minimum atomic E-state index is -1.07. The van der Waals surface area contributed by atoms with Crippen molar-refractivity contribution in [3.63, 3.8) is 0 Å². The van der Waals surface area contributed by atoms with E-state index in [1.54, 1.807) is 30.3 Å². The molecule has 0 aliphatic carbocycles. The van der Waals surface area contributed by atoms with E-state index < -0.39 is 5.97 Å². The van der Waals surface area contributed by atoms with Gasteiger partial charge in [-0.25, -0.2) is 4.79 Å². The zero-order chi connectivity index (χ0) is 13.1. The van der Waals surface area contributed by atoms with Crippen LogP contribution in [-0.4, -0.2) is 17.0 Å². The molecule has 1 heterocycles. The van der Waals surface area contributed by atoms with Crippen molar-refractivity contribution in [1.29, 1.82) is 0 Å². The number of rotatable bonds is 3. The first-order chi connectivity index (χ1) is 8.58. The van der Waals surface area contributed by atoms with Gasteiger partial charge in [0.15, 0.2) is 0 Å². The fourth-order valence-corrected chi connectivity index (χ4v) is 2.68. The zero-order valence-electron chi connectivity index (χ0n) is 9.01. The lowest BCUT2D eigenvalue weighted by Crippen LogP contribution is -2.13. The molecule has 4 nitrogen and oxygen atoms in total. The number of carboxylic acids is 1. The smallest absolute Gasteiger partial charge is 0.337 e. The maximum Gasteiger partial charge on any atom is 0.337 e. The highest BCUT2D eigenvalue weighted by Gasteiger charge is 2.13. The Labute approximate surface area is 115 Å². The van der Waals surface area contributed by atoms with Gasteiger partial charge in [-0.15, -0.1) is 11.3 Å². The van der Waals surface area contributed by atoms with Crippen molar-refractivity contribution >= 4 is 44.8 Å². The van der Waals surface area contributed by atoms with E-state index >= 15 is 0 Å². The van der Waals surface area contributed by atoms with Gasteiger partial charge in [0.25, 0.3) is 5.91 Å². The number of carbonyl (C=O) groups excluding carboxylic acids is 1. The number of nitrogens with one attached hydrogen (secondary N) is 1. The van der Waals surface area contributed by atoms with Crippen LogP contribution >= 0.6 is 27.3 Å². The highest BCUT2D eigenvalue weighted by molar-refractivity contribution is 9.11. The van der Waals surface area contributed by atoms with Crippen LogP contribution in [0.3, 0.4) is 0 Å². The molecule has 0 aliphatic heterocycles. The standard InChI is InChI=1S/C12H8BrNO3S/c13-10-6-5-9(18-10)11(15)14-8-4-2-1-3-7(8)12(16)17/h1-6H,(H,14,15)(H,16,17). The molecule has 1 amide bonds. The normalized spacial score (nSPS) is 10.1. The van der Waals surface area contributed by atoms with Gasteiger partial charge in [-0.3, -0.25) is 4.79 Å². The summed E-state index contributed by atoms with van der Waals surface area (Å²) in [4.78, 5) is 23.4. The van der Waals surface area contributed by atoms with Crippen LogP contribution in [0.4, 0.5) is 5.69 Å². The number of carboxylic acid groups (broad SMARTS) is 1. The van der Waals surface area contributed by atoms with Crippen LogP contribution in [0, 0.1) is 0 Å². The number of hydrogen-bond donors (Lipinski definition) is 2. The Morgan fingerprint density at radius 1 is 1.17 bits per heavy atom. The fraction of sp³-hybridized carbons (Fsp3) is 0. The van der Waals surface area contributed by atoms with E-state index in [0.717, 1.165) is 3.79 Å². The third-order valence-corrected chi connectivity index (χ3v) is 3.83. The Hall–Kier alpha value is -1.66. The highest BCUT2D eigenvalue weighted by Crippen LogP contribution is 2.23. The number of amides is 1. The molecule has 1 aromatic carbocycles. The number of carbonyl (C=O) groups is 2. The van der Waals surface area contributed by atoms with Crippen molar-refractivity contribution in [1.82, 2.24) is 0 Å². The summed E-state index contributed by atoms with van der Waals surface area (Å²) in [5, 5.41) is 11.6. The van der Waals surface area contributed by atoms with Crippen LogP contribution < -0.4 is 5.32 Å². The van der Waals surface area contributed by atoms with Crippen LogP contribution in [0.25, 0.3) is 0 Å². The molecule has 18 heavy (non-hydrogen) atoms. The number of aromatic carboxylic acids is 1. The third kappa shape index (κ3) is 2.77. The molecule has 0 atom stereocenters. The monoisotopic (exact) mass is 325 g/mol. The molecule has 0 unspecified atom stereocenters. The van der Waals surface area contributed by atoms with Gasteiger partial charge in [-0.1, -0.05) is 12.1 Å². The number of halogens is 1. The van der Waals surface area contributed by atoms with Crippen LogP contribution in [-0.2, 0) is 0 Å². The number of benzene rings is 1. The topological polar surface area (TPSA) is 66.4 Å². The van der Waals surface area contributed by atoms with Crippen LogP contribution in [0.1, 0.15) is 20.0 Å². The molecule has 2 N–H and O–H groups in total. The Kier molecular flexibility index (Phi) is 3.78. The molecule has 0 saturated heterocycles. The van der Waals surface area contributed by atoms with E-state index in [1.807, 2.05) is 0 Å². The van der Waals surface area contributed by atoms with E-state index in [1.165, 1.54) is 17.4 Å². The van der Waals surface area contributed by atoms with Gasteiger partial charge in [0.1, 0.15) is 0 Å². The molecule has 0 radical (unpaired) electrons. The minimum Gasteiger partial charge on any atom is -0.478 e. The first-order valence-electron chi connectivity index (χ1n) is 4.97. The number of para-hydroxylation sites is 1. The summed E-state index contributed by atoms with van der Waals surface area (Å²) in [7, 11) is 0. The average molecular weight is 326 g/mol. The fourth-order valence-electron chi connectivity index (χ4n) is 1.40. The van der Waals surface area contributed by atoms with Gasteiger partial charge < -0.3 is 10.4 Å². The molecule has 0 bridgehead atoms. The van der Waals surface area contributed by atoms with Gasteiger partial charge >= 0.3 is 5.97 Å². The first kappa shape index (κ1) is 12.8. The van der Waals surface area contributed by atoms with Gasteiger partial charge in [-0.05, 0) is 40.2 Å². The first-order valence-corrected chi connectivity index (χ1v) is 6.58. The van der Waals surface area contributed by atoms with Crippen LogP contribution in [0.15, 0.2) is 40.2 Å². The summed E-state index contributed by atoms with van der Waals surface area (Å²) in [6, 6.07) is 9.73. The van der Waals surface area contributed by atoms with Gasteiger partial charge in [0.05, 0.1) is 19.9 Å². The summed E-state index contributed by atoms with van der Waals surface area (Å²) >= 11 is 4.55. The highest BCUT2D eigenvalue weighted by atomic mass is 79.9. The van der Waals surface area contributed by atoms with E-state index in [-0.39, 0.29) is 11.5 Å². The zero-order valence-corrected chi connectivity index (χ0v) is 11.4. The molecule has 2 aromatic rings. The van der Waals surface area contributed by atoms with Gasteiger partial charge in [-0.2, -0.15) is 0 Å². The van der Waals surface area contributed by atoms with Crippen molar-refractivity contribution in [2.75, 3.05) is 5.32 Å². The lowest BCUT2D eigenvalue weighted by atomic mass is 10.2. The lowest BCUT2D eigenvalue weighted by molar-refractivity contribution is 0.0698. The predicted octanol–water partition coefficient (Wildman–Crippen LogP) is 3.46. The van der Waals surface area contributed by atoms with Gasteiger partial charge in [0, 0.05) is 0 Å². The predicted molar refractivity (Wildman–Crippen MR) is 73.4 cm³/mol. The SMILES string of the molecule is O=C(Nc1ccccc1C(=O)O)c1ccc(Br)s1. The van der Waals surface area contributed by atoms with Crippen molar-refractivity contribution in [3.8, 4) is 0 Å². The molecule has 1 aromatic heterocycles. The molecule has 0 fully saturated rings. The number of hydrogen-bond acceptors (Lipinski definition) is 3. The quantitative estimate of drug-likeness (QED) is 0.908. The minimum absolute atomic E-state index is 0.0708. The Morgan fingerprint density at radius 3 is 2.50 bits per heavy atom. The lowest BCUT2D eigenvalue weighted by Gasteiger charge is -2.06. The molecule has 2 rings (SSSR count). The van der Waals surface area contributed by atoms with E-state index in [9.17, 15) is 9.59 Å². The third-order valence-electron chi connectivity index (χ3n) is 2.20. The van der Waals surface area contributed by atoms with Gasteiger partial charge in [0.2, 0.25) is 0 Å². The second kappa shape index (κ2) is 5.32. The molecule has 0 saturated carbocycles. The summed E-state index contributed by atoms with van der Waals surface area (Å²) in [5.74, 6) is -1.39. The average Bonchev–Trinajstić information content (AvgIpc) is 2.76. The van der Waals surface area contributed by atoms with E-state index in [4.69, 9.17) is 5.11 Å². The summed E-state index contributed by atoms with van der Waals surface area (Å²) in [6.45, 7) is 0. The molecule has 92 valence electrons. The Bertz CT molecular complexity index is 609. The Balaban J connectivity index is 2.24. The molecular weight excluding hydrogens is 318 g/mol. The molecule has 6 heteroatoms. The summed E-state index contributed by atoms with van der Waals surface area (Å²) in [5.41, 5.74) is 0.362. The van der Waals surface area contributed by atoms with Crippen LogP contribution in [0.5, 0.6) is 0 Å². The summed E-state index contributed by atoms with van der Waals surface area (Å²) < 4.78 is 0.846. The largest absolute Gasteiger partial charge is 0.478 e. The molecular formula is C12H8BrNO3S. The second-order valence-electron chi connectivity index (χ2n) is 3.41. The maximum absolute atomic E-state index is 11.9. The van der Waals surface area contributed by atoms with Crippen LogP contribution in [0.2, 0.25) is 0 Å².